The van der Waals surface area contributed by atoms with Gasteiger partial charge in [-0.3, -0.25) is 14.4 Å². The zero-order valence-electron chi connectivity index (χ0n) is 12.1. The van der Waals surface area contributed by atoms with E-state index < -0.39 is 17.3 Å². The molecule has 3 rings (SSSR count). The summed E-state index contributed by atoms with van der Waals surface area (Å²) in [6.07, 6.45) is 0.739. The number of fused-ring (bicyclic) bond motifs is 3. The predicted octanol–water partition coefficient (Wildman–Crippen LogP) is 1.44. The number of hydrogen-bond acceptors (Lipinski definition) is 4. The number of hydrogen-bond donors (Lipinski definition) is 0. The van der Waals surface area contributed by atoms with Crippen molar-refractivity contribution in [2.24, 2.45) is 5.92 Å². The fourth-order valence-corrected chi connectivity index (χ4v) is 3.67. The quantitative estimate of drug-likeness (QED) is 0.733. The molecule has 1 aromatic carbocycles. The monoisotopic (exact) mass is 287 g/mol. The molecule has 0 radical (unpaired) electrons. The summed E-state index contributed by atoms with van der Waals surface area (Å²) in [7, 11) is 3.01. The van der Waals surface area contributed by atoms with Crippen LogP contribution in [0.4, 0.5) is 5.69 Å². The van der Waals surface area contributed by atoms with Gasteiger partial charge in [0.15, 0.2) is 0 Å². The third kappa shape index (κ3) is 1.73. The third-order valence-electron chi connectivity index (χ3n) is 4.75. The molecule has 1 amide bonds. The number of nitrogens with zero attached hydrogens (tertiary/aromatic N) is 1. The van der Waals surface area contributed by atoms with E-state index in [1.807, 2.05) is 24.3 Å². The third-order valence-corrected chi connectivity index (χ3v) is 4.75. The second kappa shape index (κ2) is 4.69. The summed E-state index contributed by atoms with van der Waals surface area (Å²) in [5.74, 6) is -1.24. The van der Waals surface area contributed by atoms with Gasteiger partial charge in [0.05, 0.1) is 13.0 Å². The molecule has 0 spiro atoms. The molecule has 0 unspecified atom stereocenters. The molecule has 0 aromatic heterocycles. The minimum absolute atomic E-state index is 0.0284. The van der Waals surface area contributed by atoms with E-state index in [0.29, 0.717) is 12.8 Å². The zero-order chi connectivity index (χ0) is 15.2. The number of carbonyl (C=O) groups excluding carboxylic acids is 3. The van der Waals surface area contributed by atoms with Crippen molar-refractivity contribution in [2.45, 2.75) is 24.7 Å². The molecule has 1 aromatic rings. The number of rotatable bonds is 1. The van der Waals surface area contributed by atoms with E-state index in [2.05, 4.69) is 0 Å². The highest BCUT2D eigenvalue weighted by Crippen LogP contribution is 2.50. The highest BCUT2D eigenvalue weighted by atomic mass is 16.5. The van der Waals surface area contributed by atoms with Gasteiger partial charge in [0.25, 0.3) is 0 Å². The molecule has 0 bridgehead atoms. The van der Waals surface area contributed by atoms with Gasteiger partial charge >= 0.3 is 5.97 Å². The van der Waals surface area contributed by atoms with Gasteiger partial charge in [0, 0.05) is 25.6 Å². The van der Waals surface area contributed by atoms with Crippen molar-refractivity contribution in [3.63, 3.8) is 0 Å². The van der Waals surface area contributed by atoms with Crippen LogP contribution in [0.25, 0.3) is 0 Å². The second-order valence-corrected chi connectivity index (χ2v) is 5.67. The summed E-state index contributed by atoms with van der Waals surface area (Å²) in [5, 5.41) is 0. The summed E-state index contributed by atoms with van der Waals surface area (Å²) in [5.41, 5.74) is 0.484. The standard InChI is InChI=1S/C16H17NO4/c1-17-13-6-4-3-5-11(13)16(15(20)21-2)8-7-10(18)9-12(16)14(17)19/h3-6,12H,7-9H2,1-2H3/t12-,16-/m1/s1. The fraction of sp³-hybridized carbons (Fsp3) is 0.438. The van der Waals surface area contributed by atoms with E-state index in [4.69, 9.17) is 4.74 Å². The van der Waals surface area contributed by atoms with Crippen LogP contribution in [-0.2, 0) is 24.5 Å². The van der Waals surface area contributed by atoms with Crippen LogP contribution < -0.4 is 4.90 Å². The molecule has 1 aliphatic heterocycles. The van der Waals surface area contributed by atoms with Crippen LogP contribution in [0.15, 0.2) is 24.3 Å². The maximum Gasteiger partial charge on any atom is 0.317 e. The molecule has 5 nitrogen and oxygen atoms in total. The number of carbonyl (C=O) groups is 3. The zero-order valence-corrected chi connectivity index (χ0v) is 12.1. The summed E-state index contributed by atoms with van der Waals surface area (Å²) in [4.78, 5) is 38.6. The Hall–Kier alpha value is -2.17. The first-order valence-electron chi connectivity index (χ1n) is 6.99. The Bertz CT molecular complexity index is 639. The predicted molar refractivity (Wildman–Crippen MR) is 75.9 cm³/mol. The first-order valence-corrected chi connectivity index (χ1v) is 6.99. The SMILES string of the molecule is COC(=O)[C@@]12CCC(=O)C[C@@H]1C(=O)N(C)c1ccccc12. The molecule has 5 heteroatoms. The molecule has 0 N–H and O–H groups in total. The lowest BCUT2D eigenvalue weighted by Gasteiger charge is -2.47. The van der Waals surface area contributed by atoms with Crippen LogP contribution in [0.1, 0.15) is 24.8 Å². The summed E-state index contributed by atoms with van der Waals surface area (Å²) in [6.45, 7) is 0. The smallest absolute Gasteiger partial charge is 0.317 e. The van der Waals surface area contributed by atoms with Crippen molar-refractivity contribution in [1.29, 1.82) is 0 Å². The van der Waals surface area contributed by atoms with E-state index in [-0.39, 0.29) is 18.1 Å². The molecule has 1 aliphatic carbocycles. The molecule has 0 saturated heterocycles. The number of anilines is 1. The van der Waals surface area contributed by atoms with Crippen molar-refractivity contribution in [3.05, 3.63) is 29.8 Å². The molecule has 1 heterocycles. The van der Waals surface area contributed by atoms with Crippen molar-refractivity contribution in [1.82, 2.24) is 0 Å². The van der Waals surface area contributed by atoms with Crippen molar-refractivity contribution < 1.29 is 19.1 Å². The molecular weight excluding hydrogens is 270 g/mol. The number of methoxy groups -OCH3 is 1. The maximum absolute atomic E-state index is 12.7. The van der Waals surface area contributed by atoms with Gasteiger partial charge in [-0.25, -0.2) is 0 Å². The fourth-order valence-electron chi connectivity index (χ4n) is 3.67. The van der Waals surface area contributed by atoms with Gasteiger partial charge in [-0.05, 0) is 18.1 Å². The largest absolute Gasteiger partial charge is 0.468 e. The Morgan fingerprint density at radius 1 is 1.33 bits per heavy atom. The van der Waals surface area contributed by atoms with Crippen molar-refractivity contribution >= 4 is 23.3 Å². The van der Waals surface area contributed by atoms with E-state index in [0.717, 1.165) is 11.3 Å². The highest BCUT2D eigenvalue weighted by Gasteiger charge is 2.58. The molecule has 2 atom stereocenters. The van der Waals surface area contributed by atoms with Gasteiger partial charge in [-0.2, -0.15) is 0 Å². The Kier molecular flexibility index (Phi) is 3.08. The van der Waals surface area contributed by atoms with E-state index in [1.165, 1.54) is 7.11 Å². The van der Waals surface area contributed by atoms with Crippen LogP contribution in [0.3, 0.4) is 0 Å². The number of amides is 1. The molecule has 21 heavy (non-hydrogen) atoms. The van der Waals surface area contributed by atoms with Gasteiger partial charge in [-0.15, -0.1) is 0 Å². The van der Waals surface area contributed by atoms with Crippen LogP contribution in [-0.4, -0.2) is 31.8 Å². The molecule has 2 aliphatic rings. The molecule has 1 saturated carbocycles. The average Bonchev–Trinajstić information content (AvgIpc) is 2.52. The minimum atomic E-state index is -1.02. The van der Waals surface area contributed by atoms with Crippen molar-refractivity contribution in [2.75, 3.05) is 19.1 Å². The number of ketones is 1. The van der Waals surface area contributed by atoms with Crippen LogP contribution in [0, 0.1) is 5.92 Å². The summed E-state index contributed by atoms with van der Waals surface area (Å²) in [6, 6.07) is 7.37. The molecule has 1 fully saturated rings. The molecular formula is C16H17NO4. The first kappa shape index (κ1) is 13.8. The lowest BCUT2D eigenvalue weighted by molar-refractivity contribution is -0.156. The van der Waals surface area contributed by atoms with E-state index in [1.54, 1.807) is 11.9 Å². The Labute approximate surface area is 122 Å². The van der Waals surface area contributed by atoms with Crippen molar-refractivity contribution in [3.8, 4) is 0 Å². The Morgan fingerprint density at radius 2 is 2.05 bits per heavy atom. The van der Waals surface area contributed by atoms with Gasteiger partial charge in [0.2, 0.25) is 5.91 Å². The lowest BCUT2D eigenvalue weighted by Crippen LogP contribution is -2.57. The second-order valence-electron chi connectivity index (χ2n) is 5.67. The van der Waals surface area contributed by atoms with Gasteiger partial charge in [0.1, 0.15) is 11.2 Å². The van der Waals surface area contributed by atoms with E-state index >= 15 is 0 Å². The maximum atomic E-state index is 12.7. The average molecular weight is 287 g/mol. The number of esters is 1. The number of Topliss-reactive ketones (excluding diaryl/α,β-unsaturated/α-hetero) is 1. The minimum Gasteiger partial charge on any atom is -0.468 e. The normalized spacial score (nSPS) is 27.9. The number of para-hydroxylation sites is 1. The van der Waals surface area contributed by atoms with Crippen LogP contribution in [0.5, 0.6) is 0 Å². The summed E-state index contributed by atoms with van der Waals surface area (Å²) >= 11 is 0. The lowest BCUT2D eigenvalue weighted by atomic mass is 9.59. The summed E-state index contributed by atoms with van der Waals surface area (Å²) < 4.78 is 5.00. The number of benzene rings is 1. The van der Waals surface area contributed by atoms with Crippen LogP contribution in [0.2, 0.25) is 0 Å². The van der Waals surface area contributed by atoms with Gasteiger partial charge in [-0.1, -0.05) is 18.2 Å². The highest BCUT2D eigenvalue weighted by molar-refractivity contribution is 6.08. The van der Waals surface area contributed by atoms with E-state index in [9.17, 15) is 14.4 Å². The topological polar surface area (TPSA) is 63.7 Å². The Morgan fingerprint density at radius 3 is 2.76 bits per heavy atom. The molecule has 110 valence electrons. The number of ether oxygens (including phenoxy) is 1. The van der Waals surface area contributed by atoms with Crippen LogP contribution >= 0.6 is 0 Å². The Balaban J connectivity index is 2.27. The van der Waals surface area contributed by atoms with Gasteiger partial charge < -0.3 is 9.64 Å². The first-order chi connectivity index (χ1) is 10.0.